The van der Waals surface area contributed by atoms with Gasteiger partial charge in [-0.15, -0.1) is 0 Å². The van der Waals surface area contributed by atoms with Crippen molar-refractivity contribution < 1.29 is 9.15 Å². The topological polar surface area (TPSA) is 46.7 Å². The van der Waals surface area contributed by atoms with Crippen molar-refractivity contribution >= 4 is 66.5 Å². The molecule has 3 aromatic heterocycles. The molecule has 6 heteroatoms. The van der Waals surface area contributed by atoms with E-state index in [4.69, 9.17) is 14.1 Å². The molecule has 0 bridgehead atoms. The number of hydrogen-bond acceptors (Lipinski definition) is 5. The van der Waals surface area contributed by atoms with Crippen LogP contribution in [0.5, 0.6) is 11.5 Å². The van der Waals surface area contributed by atoms with Crippen LogP contribution in [0.25, 0.3) is 71.8 Å². The Morgan fingerprint density at radius 3 is 1.42 bits per heavy atom. The highest BCUT2D eigenvalue weighted by atomic mass is 16.5. The van der Waals surface area contributed by atoms with E-state index in [1.165, 1.54) is 66.9 Å². The predicted molar refractivity (Wildman–Crippen MR) is 376 cm³/mol. The van der Waals surface area contributed by atoms with Gasteiger partial charge < -0.3 is 19.0 Å². The summed E-state index contributed by atoms with van der Waals surface area (Å²) in [6, 6.07) is 59.4. The summed E-state index contributed by atoms with van der Waals surface area (Å²) >= 11 is 0. The first-order valence-corrected chi connectivity index (χ1v) is 31.8. The summed E-state index contributed by atoms with van der Waals surface area (Å²) in [5, 5.41) is 4.32. The smallest absolute Gasteiger partial charge is 0.145 e. The minimum Gasteiger partial charge on any atom is -0.457 e. The zero-order valence-corrected chi connectivity index (χ0v) is 56.4. The van der Waals surface area contributed by atoms with Crippen LogP contribution in [0.1, 0.15) is 184 Å². The Hall–Kier alpha value is -8.09. The van der Waals surface area contributed by atoms with Crippen LogP contribution in [-0.4, -0.2) is 16.2 Å². The number of rotatable bonds is 7. The van der Waals surface area contributed by atoms with Crippen LogP contribution in [-0.2, 0) is 37.9 Å². The summed E-state index contributed by atoms with van der Waals surface area (Å²) < 4.78 is 16.3. The second-order valence-electron chi connectivity index (χ2n) is 32.4. The lowest BCUT2D eigenvalue weighted by molar-refractivity contribution is 0.479. The van der Waals surface area contributed by atoms with Crippen LogP contribution < -0.4 is 14.5 Å². The Morgan fingerprint density at radius 1 is 0.386 bits per heavy atom. The van der Waals surface area contributed by atoms with Gasteiger partial charge in [0, 0.05) is 51.3 Å². The first-order valence-electron chi connectivity index (χ1n) is 31.8. The van der Waals surface area contributed by atoms with Crippen molar-refractivity contribution in [2.24, 2.45) is 0 Å². The van der Waals surface area contributed by atoms with Gasteiger partial charge in [-0.05, 0) is 167 Å². The highest BCUT2D eigenvalue weighted by Crippen LogP contribution is 2.54. The number of benzene rings is 8. The van der Waals surface area contributed by atoms with Crippen LogP contribution in [0, 0.1) is 0 Å². The molecular weight excluding hydrogens is 1070 g/mol. The number of aromatic nitrogens is 2. The molecule has 1 aliphatic heterocycles. The normalized spacial score (nSPS) is 13.9. The van der Waals surface area contributed by atoms with Gasteiger partial charge in [-0.3, -0.25) is 4.57 Å². The summed E-state index contributed by atoms with van der Waals surface area (Å²) in [6.45, 7) is 49.5. The molecule has 1 aliphatic rings. The van der Waals surface area contributed by atoms with E-state index in [0.717, 1.165) is 78.1 Å². The molecule has 452 valence electrons. The van der Waals surface area contributed by atoms with Crippen LogP contribution in [0.15, 0.2) is 168 Å². The van der Waals surface area contributed by atoms with Crippen LogP contribution in [0.4, 0.5) is 22.7 Å². The quantitative estimate of drug-likeness (QED) is 0.159. The number of pyridine rings is 1. The third kappa shape index (κ3) is 11.1. The predicted octanol–water partition coefficient (Wildman–Crippen LogP) is 23.5. The molecule has 0 atom stereocenters. The third-order valence-corrected chi connectivity index (χ3v) is 18.3. The Bertz CT molecular complexity index is 4390. The maximum Gasteiger partial charge on any atom is 0.145 e. The number of ether oxygens (including phenoxy) is 1. The van der Waals surface area contributed by atoms with Crippen molar-refractivity contribution in [3.8, 4) is 39.6 Å². The molecule has 0 N–H and O–H groups in total. The number of fused-ring (bicyclic) bond motifs is 8. The van der Waals surface area contributed by atoms with Gasteiger partial charge in [-0.1, -0.05) is 212 Å². The van der Waals surface area contributed by atoms with Crippen molar-refractivity contribution in [2.45, 2.75) is 183 Å². The molecule has 0 aliphatic carbocycles. The van der Waals surface area contributed by atoms with Crippen molar-refractivity contribution in [3.63, 3.8) is 0 Å². The van der Waals surface area contributed by atoms with Crippen LogP contribution >= 0.6 is 0 Å². The fraction of sp³-hybridized carbons (Fsp3) is 0.354. The molecule has 0 fully saturated rings. The second-order valence-corrected chi connectivity index (χ2v) is 32.4. The fourth-order valence-corrected chi connectivity index (χ4v) is 12.7. The van der Waals surface area contributed by atoms with Gasteiger partial charge in [0.05, 0.1) is 33.5 Å². The summed E-state index contributed by atoms with van der Waals surface area (Å²) in [4.78, 5) is 10.2. The second kappa shape index (κ2) is 20.8. The fourth-order valence-electron chi connectivity index (χ4n) is 12.7. The number of hydrogen-bond donors (Lipinski definition) is 0. The first-order chi connectivity index (χ1) is 41.0. The molecule has 8 aromatic carbocycles. The average molecular weight is 1170 g/mol. The lowest BCUT2D eigenvalue weighted by Crippen LogP contribution is -2.26. The van der Waals surface area contributed by atoms with Crippen LogP contribution in [0.3, 0.4) is 0 Å². The molecule has 0 radical (unpaired) electrons. The maximum absolute atomic E-state index is 7.28. The minimum atomic E-state index is -0.208. The summed E-state index contributed by atoms with van der Waals surface area (Å²) in [6.07, 6.45) is 1.94. The van der Waals surface area contributed by atoms with E-state index in [1.807, 2.05) is 12.3 Å². The molecule has 11 aromatic rings. The number of anilines is 4. The molecule has 0 saturated heterocycles. The minimum absolute atomic E-state index is 0.0801. The van der Waals surface area contributed by atoms with Gasteiger partial charge in [-0.25, -0.2) is 4.98 Å². The molecule has 0 unspecified atom stereocenters. The van der Waals surface area contributed by atoms with E-state index in [0.29, 0.717) is 6.67 Å². The van der Waals surface area contributed by atoms with Gasteiger partial charge >= 0.3 is 0 Å². The van der Waals surface area contributed by atoms with Crippen molar-refractivity contribution in [1.29, 1.82) is 0 Å². The van der Waals surface area contributed by atoms with Crippen molar-refractivity contribution in [2.75, 3.05) is 16.5 Å². The molecule has 88 heavy (non-hydrogen) atoms. The highest BCUT2D eigenvalue weighted by Gasteiger charge is 2.36. The zero-order chi connectivity index (χ0) is 63.2. The highest BCUT2D eigenvalue weighted by molar-refractivity contribution is 6.24. The first kappa shape index (κ1) is 60.2. The van der Waals surface area contributed by atoms with E-state index in [-0.39, 0.29) is 37.9 Å². The lowest BCUT2D eigenvalue weighted by atomic mass is 9.76. The number of nitrogens with zero attached hydrogens (tertiary/aromatic N) is 4. The van der Waals surface area contributed by atoms with Crippen molar-refractivity contribution in [3.05, 3.63) is 203 Å². The van der Waals surface area contributed by atoms with E-state index in [1.54, 1.807) is 0 Å². The standard InChI is InChI=1S/C82H92N4O2/c1-76(2,3)52-34-35-83-72(46-52)86-69-33-32-63-62-26-22-25-29-71(62)88-75(63)73(69)64-31-30-60(48-70(64)86)87-61-43-57(81(16,17)18)42-59(47-61)84-49-85(68-28-24-23-27-67(68)84)74-65(50-36-53(77(4,5)6)40-54(37-50)78(7,8)9)44-58(82(19,20)21)45-66(74)51-38-55(79(10,11)12)41-56(39-51)80(13,14)15/h22-48H,49H2,1-21H3. The Labute approximate surface area is 524 Å². The summed E-state index contributed by atoms with van der Waals surface area (Å²) in [5.74, 6) is 2.35. The molecular formula is C82H92N4O2. The number of furan rings is 1. The molecule has 12 rings (SSSR count). The van der Waals surface area contributed by atoms with E-state index in [2.05, 4.69) is 311 Å². The average Bonchev–Trinajstić information content (AvgIpc) is 1.53. The molecule has 6 nitrogen and oxygen atoms in total. The summed E-state index contributed by atoms with van der Waals surface area (Å²) in [5.41, 5.74) is 21.5. The molecule has 4 heterocycles. The zero-order valence-electron chi connectivity index (χ0n) is 56.4. The molecule has 0 amide bonds. The van der Waals surface area contributed by atoms with Gasteiger partial charge in [0.1, 0.15) is 35.2 Å². The van der Waals surface area contributed by atoms with Gasteiger partial charge in [0.2, 0.25) is 0 Å². The molecule has 0 saturated carbocycles. The molecule has 0 spiro atoms. The Kier molecular flexibility index (Phi) is 14.2. The van der Waals surface area contributed by atoms with Gasteiger partial charge in [0.15, 0.2) is 0 Å². The Balaban J connectivity index is 1.06. The van der Waals surface area contributed by atoms with Gasteiger partial charge in [0.25, 0.3) is 0 Å². The third-order valence-electron chi connectivity index (χ3n) is 18.3. The van der Waals surface area contributed by atoms with Crippen LogP contribution in [0.2, 0.25) is 0 Å². The van der Waals surface area contributed by atoms with Crippen molar-refractivity contribution in [1.82, 2.24) is 9.55 Å². The Morgan fingerprint density at radius 2 is 0.875 bits per heavy atom. The maximum atomic E-state index is 7.28. The number of para-hydroxylation sites is 3. The SMILES string of the molecule is CC(C)(C)c1cc(Oc2ccc3c4c5oc6ccccc6c5ccc4n(-c4cc(C(C)(C)C)ccn4)c3c2)cc(N2CN(c3c(-c4cc(C(C)(C)C)cc(C(C)(C)C)c4)cc(C(C)(C)C)cc3-c3cc(C(C)(C)C)cc(C(C)(C)C)c3)c3ccccc32)c1. The largest absolute Gasteiger partial charge is 0.457 e. The lowest BCUT2D eigenvalue weighted by Gasteiger charge is -2.33. The van der Waals surface area contributed by atoms with Gasteiger partial charge in [-0.2, -0.15) is 0 Å². The van der Waals surface area contributed by atoms with E-state index >= 15 is 0 Å². The summed E-state index contributed by atoms with van der Waals surface area (Å²) in [7, 11) is 0. The monoisotopic (exact) mass is 1160 g/mol. The van der Waals surface area contributed by atoms with E-state index < -0.39 is 0 Å². The van der Waals surface area contributed by atoms with E-state index in [9.17, 15) is 0 Å².